The van der Waals surface area contributed by atoms with Gasteiger partial charge in [-0.15, -0.1) is 0 Å². The summed E-state index contributed by atoms with van der Waals surface area (Å²) in [6.07, 6.45) is 4.04. The molecule has 1 fully saturated rings. The average molecular weight is 479 g/mol. The Kier molecular flexibility index (Phi) is 6.74. The van der Waals surface area contributed by atoms with Crippen molar-refractivity contribution in [3.8, 4) is 11.6 Å². The van der Waals surface area contributed by atoms with Crippen molar-refractivity contribution in [2.75, 3.05) is 11.9 Å². The fourth-order valence-corrected chi connectivity index (χ4v) is 4.57. The number of pyridine rings is 1. The molecule has 0 radical (unpaired) electrons. The van der Waals surface area contributed by atoms with Crippen LogP contribution in [0.1, 0.15) is 47.5 Å². The van der Waals surface area contributed by atoms with Crippen molar-refractivity contribution >= 4 is 28.6 Å². The summed E-state index contributed by atoms with van der Waals surface area (Å²) in [4.78, 5) is 29.8. The quantitative estimate of drug-likeness (QED) is 0.501. The molecule has 0 saturated carbocycles. The van der Waals surface area contributed by atoms with E-state index in [1.807, 2.05) is 61.0 Å². The van der Waals surface area contributed by atoms with Gasteiger partial charge in [0.1, 0.15) is 17.7 Å². The van der Waals surface area contributed by atoms with Crippen molar-refractivity contribution < 1.29 is 19.4 Å². The minimum absolute atomic E-state index is 0.0107. The summed E-state index contributed by atoms with van der Waals surface area (Å²) in [5.41, 5.74) is 1.59. The molecular formula is C27H34N4O4. The maximum atomic E-state index is 12.0. The van der Waals surface area contributed by atoms with Crippen LogP contribution in [0, 0.1) is 11.3 Å². The van der Waals surface area contributed by atoms with Crippen molar-refractivity contribution in [2.45, 2.75) is 59.6 Å². The van der Waals surface area contributed by atoms with Gasteiger partial charge in [-0.05, 0) is 41.8 Å². The van der Waals surface area contributed by atoms with Gasteiger partial charge >= 0.3 is 6.09 Å². The first-order valence-corrected chi connectivity index (χ1v) is 12.1. The normalized spacial score (nSPS) is 18.6. The molecule has 35 heavy (non-hydrogen) atoms. The Morgan fingerprint density at radius 1 is 1.17 bits per heavy atom. The number of ether oxygens (including phenoxy) is 1. The van der Waals surface area contributed by atoms with Gasteiger partial charge in [0.15, 0.2) is 0 Å². The van der Waals surface area contributed by atoms with Crippen LogP contribution in [0.2, 0.25) is 0 Å². The molecule has 2 N–H and O–H groups in total. The van der Waals surface area contributed by atoms with E-state index in [1.165, 1.54) is 4.90 Å². The maximum Gasteiger partial charge on any atom is 0.407 e. The van der Waals surface area contributed by atoms with Gasteiger partial charge in [0.05, 0.1) is 11.7 Å². The van der Waals surface area contributed by atoms with Gasteiger partial charge in [-0.25, -0.2) is 9.78 Å². The van der Waals surface area contributed by atoms with E-state index in [0.717, 1.165) is 22.4 Å². The van der Waals surface area contributed by atoms with E-state index in [9.17, 15) is 14.7 Å². The highest BCUT2D eigenvalue weighted by Gasteiger charge is 2.39. The molecule has 0 spiro atoms. The first-order valence-electron chi connectivity index (χ1n) is 12.1. The number of likely N-dealkylation sites (tertiary alicyclic amines) is 1. The van der Waals surface area contributed by atoms with Gasteiger partial charge in [0.25, 0.3) is 0 Å². The predicted octanol–water partition coefficient (Wildman–Crippen LogP) is 5.56. The van der Waals surface area contributed by atoms with Crippen LogP contribution in [0.4, 0.5) is 10.5 Å². The molecule has 2 unspecified atom stereocenters. The molecule has 186 valence electrons. The van der Waals surface area contributed by atoms with E-state index in [1.54, 1.807) is 6.20 Å². The van der Waals surface area contributed by atoms with Crippen molar-refractivity contribution in [1.29, 1.82) is 0 Å². The van der Waals surface area contributed by atoms with E-state index in [0.29, 0.717) is 25.1 Å². The lowest BCUT2D eigenvalue weighted by Crippen LogP contribution is -2.53. The Bertz CT molecular complexity index is 1210. The molecule has 3 aromatic rings. The summed E-state index contributed by atoms with van der Waals surface area (Å²) in [6.45, 7) is 10.4. The lowest BCUT2D eigenvalue weighted by atomic mass is 9.80. The highest BCUT2D eigenvalue weighted by atomic mass is 16.5. The SMILES string of the molecule is CC(C)C(=O)Nc1ccc2c(ccn2-c2ccc(OC3CCN(C(=O)O)C(C(C)(C)C)C3)cn2)c1. The molecule has 0 bridgehead atoms. The Balaban J connectivity index is 1.46. The van der Waals surface area contributed by atoms with E-state index in [-0.39, 0.29) is 29.4 Å². The van der Waals surface area contributed by atoms with Crippen LogP contribution in [0.5, 0.6) is 5.75 Å². The predicted molar refractivity (Wildman–Crippen MR) is 136 cm³/mol. The molecule has 2 atom stereocenters. The number of nitrogens with one attached hydrogen (secondary N) is 1. The topological polar surface area (TPSA) is 96.7 Å². The third-order valence-corrected chi connectivity index (χ3v) is 6.55. The fraction of sp³-hybridized carbons (Fsp3) is 0.444. The third kappa shape index (κ3) is 5.42. The monoisotopic (exact) mass is 478 g/mol. The summed E-state index contributed by atoms with van der Waals surface area (Å²) < 4.78 is 8.20. The Hall–Kier alpha value is -3.55. The first kappa shape index (κ1) is 24.6. The van der Waals surface area contributed by atoms with Gasteiger partial charge in [0, 0.05) is 48.6 Å². The number of carbonyl (C=O) groups excluding carboxylic acids is 1. The minimum atomic E-state index is -0.872. The molecule has 1 aliphatic heterocycles. The van der Waals surface area contributed by atoms with Gasteiger partial charge in [0.2, 0.25) is 5.91 Å². The molecule has 8 nitrogen and oxygen atoms in total. The minimum Gasteiger partial charge on any atom is -0.489 e. The lowest BCUT2D eigenvalue weighted by molar-refractivity contribution is -0.118. The zero-order chi connectivity index (χ0) is 25.3. The number of benzene rings is 1. The van der Waals surface area contributed by atoms with Gasteiger partial charge < -0.3 is 24.6 Å². The van der Waals surface area contributed by atoms with Gasteiger partial charge in [-0.1, -0.05) is 34.6 Å². The van der Waals surface area contributed by atoms with Crippen LogP contribution >= 0.6 is 0 Å². The zero-order valence-corrected chi connectivity index (χ0v) is 21.0. The average Bonchev–Trinajstić information content (AvgIpc) is 3.22. The highest BCUT2D eigenvalue weighted by Crippen LogP contribution is 2.34. The highest BCUT2D eigenvalue weighted by molar-refractivity contribution is 5.95. The molecule has 1 aromatic carbocycles. The molecule has 2 amide bonds. The van der Waals surface area contributed by atoms with Crippen LogP contribution in [0.3, 0.4) is 0 Å². The smallest absolute Gasteiger partial charge is 0.407 e. The number of hydrogen-bond acceptors (Lipinski definition) is 4. The maximum absolute atomic E-state index is 12.0. The summed E-state index contributed by atoms with van der Waals surface area (Å²) in [6, 6.07) is 11.5. The third-order valence-electron chi connectivity index (χ3n) is 6.55. The molecule has 1 saturated heterocycles. The number of fused-ring (bicyclic) bond motifs is 1. The summed E-state index contributed by atoms with van der Waals surface area (Å²) >= 11 is 0. The molecule has 4 rings (SSSR count). The van der Waals surface area contributed by atoms with E-state index >= 15 is 0 Å². The Morgan fingerprint density at radius 2 is 1.94 bits per heavy atom. The molecular weight excluding hydrogens is 444 g/mol. The lowest BCUT2D eigenvalue weighted by Gasteiger charge is -2.44. The van der Waals surface area contributed by atoms with E-state index in [2.05, 4.69) is 31.1 Å². The largest absolute Gasteiger partial charge is 0.489 e. The van der Waals surface area contributed by atoms with Gasteiger partial charge in [-0.2, -0.15) is 0 Å². The van der Waals surface area contributed by atoms with E-state index in [4.69, 9.17) is 4.74 Å². The number of amides is 2. The number of nitrogens with zero attached hydrogens (tertiary/aromatic N) is 3. The molecule has 3 heterocycles. The summed E-state index contributed by atoms with van der Waals surface area (Å²) in [5, 5.41) is 13.5. The Labute approximate surface area is 205 Å². The van der Waals surface area contributed by atoms with Crippen LogP contribution in [0.15, 0.2) is 48.8 Å². The van der Waals surface area contributed by atoms with Crippen molar-refractivity contribution in [2.24, 2.45) is 11.3 Å². The second kappa shape index (κ2) is 9.60. The Morgan fingerprint density at radius 3 is 2.57 bits per heavy atom. The van der Waals surface area contributed by atoms with Crippen LogP contribution < -0.4 is 10.1 Å². The molecule has 1 aliphatic rings. The number of hydrogen-bond donors (Lipinski definition) is 2. The fourth-order valence-electron chi connectivity index (χ4n) is 4.57. The second-order valence-corrected chi connectivity index (χ2v) is 10.6. The van der Waals surface area contributed by atoms with Crippen molar-refractivity contribution in [3.05, 3.63) is 48.8 Å². The second-order valence-electron chi connectivity index (χ2n) is 10.6. The molecule has 8 heteroatoms. The summed E-state index contributed by atoms with van der Waals surface area (Å²) in [5.74, 6) is 1.35. The number of carboxylic acid groups (broad SMARTS) is 1. The number of anilines is 1. The zero-order valence-electron chi connectivity index (χ0n) is 21.0. The number of aromatic nitrogens is 2. The number of piperidine rings is 1. The standard InChI is InChI=1S/C27H34N4O4/c1-17(2)25(32)29-19-6-8-22-18(14-19)10-12-30(22)24-9-7-21(16-28-24)35-20-11-13-31(26(33)34)23(15-20)27(3,4)5/h6-10,12,14,16-17,20,23H,11,13,15H2,1-5H3,(H,29,32)(H,33,34). The van der Waals surface area contributed by atoms with Crippen LogP contribution in [0.25, 0.3) is 16.7 Å². The molecule has 0 aliphatic carbocycles. The van der Waals surface area contributed by atoms with Crippen LogP contribution in [-0.2, 0) is 4.79 Å². The van der Waals surface area contributed by atoms with Crippen LogP contribution in [-0.4, -0.2) is 50.2 Å². The number of carbonyl (C=O) groups is 2. The molecule has 2 aromatic heterocycles. The van der Waals surface area contributed by atoms with Gasteiger partial charge in [-0.3, -0.25) is 4.79 Å². The van der Waals surface area contributed by atoms with Crippen molar-refractivity contribution in [3.63, 3.8) is 0 Å². The number of rotatable bonds is 5. The van der Waals surface area contributed by atoms with E-state index < -0.39 is 6.09 Å². The summed E-state index contributed by atoms with van der Waals surface area (Å²) in [7, 11) is 0. The van der Waals surface area contributed by atoms with Crippen molar-refractivity contribution in [1.82, 2.24) is 14.5 Å². The first-order chi connectivity index (χ1) is 16.5.